The van der Waals surface area contributed by atoms with Gasteiger partial charge in [0, 0.05) is 12.6 Å². The fraction of sp³-hybridized carbons (Fsp3) is 0.750. The molecule has 1 N–H and O–H groups in total. The monoisotopic (exact) mass is 138 g/mol. The first-order valence-corrected chi connectivity index (χ1v) is 2.44. The van der Waals surface area contributed by atoms with Crippen LogP contribution in [0.2, 0.25) is 0 Å². The van der Waals surface area contributed by atoms with Crippen molar-refractivity contribution in [3.63, 3.8) is 0 Å². The SMILES string of the molecule is FC(F)(F)C1CC=NN1. The van der Waals surface area contributed by atoms with E-state index in [0.29, 0.717) is 0 Å². The Labute approximate surface area is 49.7 Å². The zero-order chi connectivity index (χ0) is 6.91. The van der Waals surface area contributed by atoms with Gasteiger partial charge in [0.1, 0.15) is 6.04 Å². The Morgan fingerprint density at radius 3 is 2.44 bits per heavy atom. The quantitative estimate of drug-likeness (QED) is 0.528. The van der Waals surface area contributed by atoms with Crippen LogP contribution in [-0.2, 0) is 0 Å². The Hall–Kier alpha value is -0.740. The molecule has 1 unspecified atom stereocenters. The first-order valence-electron chi connectivity index (χ1n) is 2.44. The van der Waals surface area contributed by atoms with Gasteiger partial charge in [0.15, 0.2) is 0 Å². The van der Waals surface area contributed by atoms with E-state index in [9.17, 15) is 13.2 Å². The van der Waals surface area contributed by atoms with E-state index in [1.165, 1.54) is 6.21 Å². The topological polar surface area (TPSA) is 24.4 Å². The van der Waals surface area contributed by atoms with E-state index in [1.807, 2.05) is 5.43 Å². The van der Waals surface area contributed by atoms with E-state index in [1.54, 1.807) is 0 Å². The molecular weight excluding hydrogens is 133 g/mol. The van der Waals surface area contributed by atoms with Crippen molar-refractivity contribution < 1.29 is 13.2 Å². The third kappa shape index (κ3) is 1.34. The van der Waals surface area contributed by atoms with Gasteiger partial charge in [-0.2, -0.15) is 18.3 Å². The van der Waals surface area contributed by atoms with Crippen molar-refractivity contribution in [2.24, 2.45) is 5.10 Å². The minimum Gasteiger partial charge on any atom is -0.298 e. The number of rotatable bonds is 0. The van der Waals surface area contributed by atoms with Gasteiger partial charge in [-0.3, -0.25) is 5.43 Å². The maximum Gasteiger partial charge on any atom is 0.410 e. The summed E-state index contributed by atoms with van der Waals surface area (Å²) in [7, 11) is 0. The van der Waals surface area contributed by atoms with E-state index < -0.39 is 12.2 Å². The molecule has 0 saturated heterocycles. The van der Waals surface area contributed by atoms with Gasteiger partial charge >= 0.3 is 6.18 Å². The Balaban J connectivity index is 2.46. The second kappa shape index (κ2) is 1.89. The fourth-order valence-corrected chi connectivity index (χ4v) is 0.560. The summed E-state index contributed by atoms with van der Waals surface area (Å²) in [4.78, 5) is 0. The van der Waals surface area contributed by atoms with Gasteiger partial charge in [-0.1, -0.05) is 0 Å². The van der Waals surface area contributed by atoms with Gasteiger partial charge in [-0.15, -0.1) is 0 Å². The highest BCUT2D eigenvalue weighted by atomic mass is 19.4. The second-order valence-corrected chi connectivity index (χ2v) is 1.77. The van der Waals surface area contributed by atoms with Crippen LogP contribution < -0.4 is 5.43 Å². The minimum atomic E-state index is -4.16. The molecule has 0 spiro atoms. The van der Waals surface area contributed by atoms with E-state index in [4.69, 9.17) is 0 Å². The summed E-state index contributed by atoms with van der Waals surface area (Å²) in [6.07, 6.45) is -2.99. The molecule has 0 amide bonds. The van der Waals surface area contributed by atoms with Crippen molar-refractivity contribution in [2.75, 3.05) is 0 Å². The average Bonchev–Trinajstić information content (AvgIpc) is 2.08. The molecule has 1 rings (SSSR count). The van der Waals surface area contributed by atoms with Crippen LogP contribution in [0, 0.1) is 0 Å². The number of hydrogen-bond acceptors (Lipinski definition) is 2. The predicted octanol–water partition coefficient (Wildman–Crippen LogP) is 0.896. The van der Waals surface area contributed by atoms with E-state index in [-0.39, 0.29) is 6.42 Å². The average molecular weight is 138 g/mol. The van der Waals surface area contributed by atoms with Crippen LogP contribution in [-0.4, -0.2) is 18.4 Å². The van der Waals surface area contributed by atoms with Gasteiger partial charge in [0.05, 0.1) is 0 Å². The Morgan fingerprint density at radius 2 is 2.22 bits per heavy atom. The van der Waals surface area contributed by atoms with Gasteiger partial charge in [0.25, 0.3) is 0 Å². The van der Waals surface area contributed by atoms with Crippen molar-refractivity contribution in [1.82, 2.24) is 5.43 Å². The van der Waals surface area contributed by atoms with Crippen molar-refractivity contribution in [1.29, 1.82) is 0 Å². The lowest BCUT2D eigenvalue weighted by Crippen LogP contribution is -2.36. The largest absolute Gasteiger partial charge is 0.410 e. The summed E-state index contributed by atoms with van der Waals surface area (Å²) < 4.78 is 34.9. The molecule has 0 aliphatic carbocycles. The summed E-state index contributed by atoms with van der Waals surface area (Å²) in [6, 6.07) is -1.46. The predicted molar refractivity (Wildman–Crippen MR) is 26.1 cm³/mol. The van der Waals surface area contributed by atoms with Crippen LogP contribution in [0.1, 0.15) is 6.42 Å². The third-order valence-corrected chi connectivity index (χ3v) is 1.06. The molecule has 0 fully saturated rings. The molecule has 5 heteroatoms. The molecule has 0 aromatic rings. The number of alkyl halides is 3. The molecule has 9 heavy (non-hydrogen) atoms. The van der Waals surface area contributed by atoms with Crippen LogP contribution in [0.4, 0.5) is 13.2 Å². The molecule has 0 saturated carbocycles. The molecule has 0 bridgehead atoms. The molecule has 0 aromatic carbocycles. The lowest BCUT2D eigenvalue weighted by atomic mass is 10.2. The number of hydrogen-bond donors (Lipinski definition) is 1. The summed E-state index contributed by atoms with van der Waals surface area (Å²) in [5.41, 5.74) is 1.94. The number of nitrogens with zero attached hydrogens (tertiary/aromatic N) is 1. The van der Waals surface area contributed by atoms with Crippen LogP contribution in [0.5, 0.6) is 0 Å². The highest BCUT2D eigenvalue weighted by Gasteiger charge is 2.40. The first kappa shape index (κ1) is 6.38. The summed E-state index contributed by atoms with van der Waals surface area (Å²) in [5.74, 6) is 0. The standard InChI is InChI=1S/C4H5F3N2/c5-4(6,7)3-1-2-8-9-3/h2-3,9H,1H2. The van der Waals surface area contributed by atoms with Crippen LogP contribution >= 0.6 is 0 Å². The summed E-state index contributed by atoms with van der Waals surface area (Å²) in [6.45, 7) is 0. The number of halogens is 3. The minimum absolute atomic E-state index is 0.0521. The number of hydrazone groups is 1. The highest BCUT2D eigenvalue weighted by molar-refractivity contribution is 5.59. The maximum absolute atomic E-state index is 11.6. The normalized spacial score (nSPS) is 26.3. The Kier molecular flexibility index (Phi) is 1.34. The molecule has 0 aromatic heterocycles. The fourth-order valence-electron chi connectivity index (χ4n) is 0.560. The van der Waals surface area contributed by atoms with Gasteiger partial charge in [-0.05, 0) is 0 Å². The van der Waals surface area contributed by atoms with Gasteiger partial charge < -0.3 is 0 Å². The van der Waals surface area contributed by atoms with Crippen molar-refractivity contribution in [3.8, 4) is 0 Å². The number of nitrogens with one attached hydrogen (secondary N) is 1. The highest BCUT2D eigenvalue weighted by Crippen LogP contribution is 2.23. The van der Waals surface area contributed by atoms with Gasteiger partial charge in [0.2, 0.25) is 0 Å². The lowest BCUT2D eigenvalue weighted by molar-refractivity contribution is -0.151. The summed E-state index contributed by atoms with van der Waals surface area (Å²) >= 11 is 0. The van der Waals surface area contributed by atoms with Crippen molar-refractivity contribution >= 4 is 6.21 Å². The van der Waals surface area contributed by atoms with Crippen LogP contribution in [0.15, 0.2) is 5.10 Å². The molecular formula is C4H5F3N2. The smallest absolute Gasteiger partial charge is 0.298 e. The Bertz CT molecular complexity index is 120. The van der Waals surface area contributed by atoms with Crippen molar-refractivity contribution in [2.45, 2.75) is 18.6 Å². The van der Waals surface area contributed by atoms with Gasteiger partial charge in [-0.25, -0.2) is 0 Å². The van der Waals surface area contributed by atoms with Crippen molar-refractivity contribution in [3.05, 3.63) is 0 Å². The van der Waals surface area contributed by atoms with E-state index >= 15 is 0 Å². The second-order valence-electron chi connectivity index (χ2n) is 1.77. The molecule has 1 aliphatic rings. The zero-order valence-corrected chi connectivity index (χ0v) is 4.44. The maximum atomic E-state index is 11.6. The zero-order valence-electron chi connectivity index (χ0n) is 4.44. The molecule has 0 radical (unpaired) electrons. The molecule has 1 atom stereocenters. The van der Waals surface area contributed by atoms with E-state index in [0.717, 1.165) is 0 Å². The lowest BCUT2D eigenvalue weighted by Gasteiger charge is -2.12. The summed E-state index contributed by atoms with van der Waals surface area (Å²) in [5, 5.41) is 3.24. The molecule has 1 heterocycles. The first-order chi connectivity index (χ1) is 4.11. The van der Waals surface area contributed by atoms with Crippen LogP contribution in [0.3, 0.4) is 0 Å². The third-order valence-electron chi connectivity index (χ3n) is 1.06. The Morgan fingerprint density at radius 1 is 1.56 bits per heavy atom. The molecule has 2 nitrogen and oxygen atoms in total. The van der Waals surface area contributed by atoms with E-state index in [2.05, 4.69) is 5.10 Å². The van der Waals surface area contributed by atoms with Crippen LogP contribution in [0.25, 0.3) is 0 Å². The molecule has 52 valence electrons. The molecule has 1 aliphatic heterocycles.